The third-order valence-corrected chi connectivity index (χ3v) is 4.33. The fourth-order valence-electron chi connectivity index (χ4n) is 2.92. The number of esters is 1. The Balaban J connectivity index is 1.65. The summed E-state index contributed by atoms with van der Waals surface area (Å²) in [7, 11) is 0. The van der Waals surface area contributed by atoms with Crippen molar-refractivity contribution in [3.63, 3.8) is 0 Å². The molecule has 1 heterocycles. The fourth-order valence-corrected chi connectivity index (χ4v) is 2.92. The van der Waals surface area contributed by atoms with Crippen molar-refractivity contribution >= 4 is 11.7 Å². The third-order valence-electron chi connectivity index (χ3n) is 4.33. The van der Waals surface area contributed by atoms with E-state index in [0.29, 0.717) is 12.2 Å². The SMILES string of the molecule is CCCCOC(=O)c1ccc(N2CCc3ccccc3C2)cc1. The molecule has 0 saturated heterocycles. The molecule has 3 heteroatoms. The minimum atomic E-state index is -0.228. The Hall–Kier alpha value is -2.29. The van der Waals surface area contributed by atoms with E-state index in [-0.39, 0.29) is 5.97 Å². The van der Waals surface area contributed by atoms with E-state index in [4.69, 9.17) is 4.74 Å². The number of fused-ring (bicyclic) bond motifs is 1. The average molecular weight is 309 g/mol. The minimum absolute atomic E-state index is 0.228. The van der Waals surface area contributed by atoms with Crippen molar-refractivity contribution in [3.05, 3.63) is 65.2 Å². The highest BCUT2D eigenvalue weighted by atomic mass is 16.5. The van der Waals surface area contributed by atoms with Crippen molar-refractivity contribution in [1.29, 1.82) is 0 Å². The lowest BCUT2D eigenvalue weighted by Gasteiger charge is -2.30. The number of anilines is 1. The molecule has 0 aliphatic carbocycles. The van der Waals surface area contributed by atoms with Gasteiger partial charge in [0.2, 0.25) is 0 Å². The second-order valence-corrected chi connectivity index (χ2v) is 5.98. The molecule has 0 aromatic heterocycles. The molecule has 0 atom stereocenters. The number of hydrogen-bond acceptors (Lipinski definition) is 3. The highest BCUT2D eigenvalue weighted by Gasteiger charge is 2.16. The van der Waals surface area contributed by atoms with Gasteiger partial charge in [-0.1, -0.05) is 37.6 Å². The summed E-state index contributed by atoms with van der Waals surface area (Å²) in [5.41, 5.74) is 4.62. The summed E-state index contributed by atoms with van der Waals surface area (Å²) in [5.74, 6) is -0.228. The maximum absolute atomic E-state index is 11.9. The second kappa shape index (κ2) is 7.32. The topological polar surface area (TPSA) is 29.5 Å². The van der Waals surface area contributed by atoms with Gasteiger partial charge in [0.25, 0.3) is 0 Å². The molecule has 1 aliphatic heterocycles. The van der Waals surface area contributed by atoms with Crippen LogP contribution in [-0.4, -0.2) is 19.1 Å². The fraction of sp³-hybridized carbons (Fsp3) is 0.350. The molecule has 0 fully saturated rings. The highest BCUT2D eigenvalue weighted by molar-refractivity contribution is 5.89. The molecule has 120 valence electrons. The van der Waals surface area contributed by atoms with Crippen molar-refractivity contribution in [2.75, 3.05) is 18.1 Å². The molecule has 0 bridgehead atoms. The van der Waals surface area contributed by atoms with Gasteiger partial charge in [0.1, 0.15) is 0 Å². The van der Waals surface area contributed by atoms with E-state index in [1.165, 1.54) is 11.1 Å². The first-order valence-electron chi connectivity index (χ1n) is 8.37. The summed E-state index contributed by atoms with van der Waals surface area (Å²) < 4.78 is 5.25. The van der Waals surface area contributed by atoms with Gasteiger partial charge in [-0.2, -0.15) is 0 Å². The van der Waals surface area contributed by atoms with Crippen LogP contribution < -0.4 is 4.90 Å². The summed E-state index contributed by atoms with van der Waals surface area (Å²) in [6.45, 7) is 4.52. The summed E-state index contributed by atoms with van der Waals surface area (Å²) in [6, 6.07) is 16.4. The van der Waals surface area contributed by atoms with Crippen LogP contribution in [0.2, 0.25) is 0 Å². The summed E-state index contributed by atoms with van der Waals surface area (Å²) in [5, 5.41) is 0. The molecule has 2 aromatic carbocycles. The molecule has 23 heavy (non-hydrogen) atoms. The van der Waals surface area contributed by atoms with Crippen LogP contribution in [0.15, 0.2) is 48.5 Å². The number of hydrogen-bond donors (Lipinski definition) is 0. The number of ether oxygens (including phenoxy) is 1. The van der Waals surface area contributed by atoms with Crippen LogP contribution in [0.1, 0.15) is 41.3 Å². The molecule has 0 amide bonds. The third kappa shape index (κ3) is 3.73. The summed E-state index contributed by atoms with van der Waals surface area (Å²) in [4.78, 5) is 14.3. The molecular formula is C20H23NO2. The van der Waals surface area contributed by atoms with Crippen LogP contribution in [0.5, 0.6) is 0 Å². The predicted octanol–water partition coefficient (Wildman–Crippen LogP) is 4.21. The number of benzene rings is 2. The van der Waals surface area contributed by atoms with Crippen LogP contribution in [0, 0.1) is 0 Å². The van der Waals surface area contributed by atoms with E-state index in [2.05, 4.69) is 36.1 Å². The van der Waals surface area contributed by atoms with Crippen LogP contribution in [0.3, 0.4) is 0 Å². The van der Waals surface area contributed by atoms with Gasteiger partial charge in [0.05, 0.1) is 12.2 Å². The molecule has 0 unspecified atom stereocenters. The number of carbonyl (C=O) groups is 1. The van der Waals surface area contributed by atoms with Gasteiger partial charge in [-0.15, -0.1) is 0 Å². The maximum atomic E-state index is 11.9. The predicted molar refractivity (Wildman–Crippen MR) is 92.8 cm³/mol. The maximum Gasteiger partial charge on any atom is 0.338 e. The van der Waals surface area contributed by atoms with Crippen molar-refractivity contribution in [3.8, 4) is 0 Å². The zero-order valence-corrected chi connectivity index (χ0v) is 13.6. The van der Waals surface area contributed by atoms with E-state index >= 15 is 0 Å². The quantitative estimate of drug-likeness (QED) is 0.612. The van der Waals surface area contributed by atoms with Crippen molar-refractivity contribution in [2.24, 2.45) is 0 Å². The monoisotopic (exact) mass is 309 g/mol. The standard InChI is InChI=1S/C20H23NO2/c1-2-3-14-23-20(22)17-8-10-19(11-9-17)21-13-12-16-6-4-5-7-18(16)15-21/h4-11H,2-3,12-15H2,1H3. The Bertz CT molecular complexity index is 664. The molecule has 0 radical (unpaired) electrons. The zero-order valence-electron chi connectivity index (χ0n) is 13.6. The summed E-state index contributed by atoms with van der Waals surface area (Å²) >= 11 is 0. The van der Waals surface area contributed by atoms with Gasteiger partial charge in [-0.25, -0.2) is 4.79 Å². The Labute approximate surface area is 137 Å². The largest absolute Gasteiger partial charge is 0.462 e. The average Bonchev–Trinajstić information content (AvgIpc) is 2.61. The van der Waals surface area contributed by atoms with E-state index in [1.807, 2.05) is 24.3 Å². The minimum Gasteiger partial charge on any atom is -0.462 e. The molecule has 0 saturated carbocycles. The Morgan fingerprint density at radius 3 is 2.57 bits per heavy atom. The number of nitrogens with zero attached hydrogens (tertiary/aromatic N) is 1. The van der Waals surface area contributed by atoms with E-state index in [1.54, 1.807) is 0 Å². The lowest BCUT2D eigenvalue weighted by molar-refractivity contribution is 0.0500. The highest BCUT2D eigenvalue weighted by Crippen LogP contribution is 2.24. The molecule has 0 N–H and O–H groups in total. The van der Waals surface area contributed by atoms with Crippen LogP contribution in [0.4, 0.5) is 5.69 Å². The van der Waals surface area contributed by atoms with E-state index in [9.17, 15) is 4.79 Å². The van der Waals surface area contributed by atoms with Crippen LogP contribution in [0.25, 0.3) is 0 Å². The van der Waals surface area contributed by atoms with Crippen LogP contribution >= 0.6 is 0 Å². The number of unbranched alkanes of at least 4 members (excludes halogenated alkanes) is 1. The van der Waals surface area contributed by atoms with Gasteiger partial charge >= 0.3 is 5.97 Å². The first-order valence-corrected chi connectivity index (χ1v) is 8.37. The molecule has 2 aromatic rings. The molecule has 3 nitrogen and oxygen atoms in total. The Morgan fingerprint density at radius 1 is 1.09 bits per heavy atom. The van der Waals surface area contributed by atoms with Gasteiger partial charge in [-0.3, -0.25) is 0 Å². The van der Waals surface area contributed by atoms with Gasteiger partial charge in [0, 0.05) is 18.8 Å². The number of rotatable bonds is 5. The summed E-state index contributed by atoms with van der Waals surface area (Å²) in [6.07, 6.45) is 3.01. The zero-order chi connectivity index (χ0) is 16.1. The van der Waals surface area contributed by atoms with Gasteiger partial charge in [-0.05, 0) is 48.2 Å². The smallest absolute Gasteiger partial charge is 0.338 e. The second-order valence-electron chi connectivity index (χ2n) is 5.98. The van der Waals surface area contributed by atoms with Gasteiger partial charge < -0.3 is 9.64 Å². The first kappa shape index (κ1) is 15.6. The van der Waals surface area contributed by atoms with Crippen molar-refractivity contribution in [2.45, 2.75) is 32.7 Å². The molecule has 0 spiro atoms. The van der Waals surface area contributed by atoms with Crippen LogP contribution in [-0.2, 0) is 17.7 Å². The lowest BCUT2D eigenvalue weighted by Crippen LogP contribution is -2.30. The first-order chi connectivity index (χ1) is 11.3. The van der Waals surface area contributed by atoms with Crippen molar-refractivity contribution in [1.82, 2.24) is 0 Å². The molecular weight excluding hydrogens is 286 g/mol. The molecule has 3 rings (SSSR count). The normalized spacial score (nSPS) is 13.5. The van der Waals surface area contributed by atoms with Gasteiger partial charge in [0.15, 0.2) is 0 Å². The van der Waals surface area contributed by atoms with E-state index < -0.39 is 0 Å². The molecule has 1 aliphatic rings. The lowest BCUT2D eigenvalue weighted by atomic mass is 9.99. The van der Waals surface area contributed by atoms with E-state index in [0.717, 1.165) is 38.0 Å². The Morgan fingerprint density at radius 2 is 1.83 bits per heavy atom. The van der Waals surface area contributed by atoms with Crippen molar-refractivity contribution < 1.29 is 9.53 Å². The number of carbonyl (C=O) groups excluding carboxylic acids is 1. The Kier molecular flexibility index (Phi) is 4.96.